The molecule has 2 N–H and O–H groups in total. The fourth-order valence-electron chi connectivity index (χ4n) is 2.66. The first-order valence-corrected chi connectivity index (χ1v) is 8.25. The van der Waals surface area contributed by atoms with Crippen LogP contribution in [0.5, 0.6) is 0 Å². The molecular weight excluding hydrogens is 302 g/mol. The quantitative estimate of drug-likeness (QED) is 0.878. The van der Waals surface area contributed by atoms with Crippen LogP contribution in [0.25, 0.3) is 0 Å². The zero-order valence-corrected chi connectivity index (χ0v) is 13.0. The van der Waals surface area contributed by atoms with E-state index in [-0.39, 0.29) is 18.4 Å². The Morgan fingerprint density at radius 2 is 2.55 bits per heavy atom. The second-order valence-corrected chi connectivity index (χ2v) is 6.25. The number of rotatable bonds is 5. The van der Waals surface area contributed by atoms with Gasteiger partial charge in [0.2, 0.25) is 5.91 Å². The highest BCUT2D eigenvalue weighted by molar-refractivity contribution is 7.13. The average Bonchev–Trinajstić information content (AvgIpc) is 3.25. The zero-order valence-electron chi connectivity index (χ0n) is 12.1. The summed E-state index contributed by atoms with van der Waals surface area (Å²) in [7, 11) is 0. The van der Waals surface area contributed by atoms with Crippen LogP contribution in [0.4, 0.5) is 5.13 Å². The Morgan fingerprint density at radius 1 is 1.64 bits per heavy atom. The molecule has 7 heteroatoms. The SMILES string of the molecule is O=C(NC[C@H](O)c1ccco1)[C@H]1CCCN(c2nccs2)C1. The minimum atomic E-state index is -0.808. The van der Waals surface area contributed by atoms with Gasteiger partial charge in [-0.3, -0.25) is 4.79 Å². The van der Waals surface area contributed by atoms with E-state index in [4.69, 9.17) is 4.42 Å². The van der Waals surface area contributed by atoms with E-state index in [1.54, 1.807) is 29.7 Å². The smallest absolute Gasteiger partial charge is 0.225 e. The number of aromatic nitrogens is 1. The second kappa shape index (κ2) is 6.93. The predicted octanol–water partition coefficient (Wildman–Crippen LogP) is 1.80. The molecule has 0 unspecified atom stereocenters. The van der Waals surface area contributed by atoms with E-state index in [0.717, 1.165) is 24.5 Å². The summed E-state index contributed by atoms with van der Waals surface area (Å²) in [6.45, 7) is 1.78. The molecule has 1 amide bonds. The average molecular weight is 321 g/mol. The number of furan rings is 1. The van der Waals surface area contributed by atoms with Crippen molar-refractivity contribution in [1.29, 1.82) is 0 Å². The van der Waals surface area contributed by atoms with Gasteiger partial charge in [-0.05, 0) is 25.0 Å². The van der Waals surface area contributed by atoms with Gasteiger partial charge in [0.05, 0.1) is 18.7 Å². The minimum Gasteiger partial charge on any atom is -0.467 e. The van der Waals surface area contributed by atoms with Gasteiger partial charge in [-0.15, -0.1) is 11.3 Å². The number of thiazole rings is 1. The van der Waals surface area contributed by atoms with E-state index >= 15 is 0 Å². The summed E-state index contributed by atoms with van der Waals surface area (Å²) in [6.07, 6.45) is 4.32. The van der Waals surface area contributed by atoms with E-state index in [0.29, 0.717) is 12.3 Å². The lowest BCUT2D eigenvalue weighted by Crippen LogP contribution is -2.44. The first kappa shape index (κ1) is 15.1. The zero-order chi connectivity index (χ0) is 15.4. The topological polar surface area (TPSA) is 78.6 Å². The number of hydrogen-bond acceptors (Lipinski definition) is 6. The van der Waals surface area contributed by atoms with Crippen molar-refractivity contribution in [3.8, 4) is 0 Å². The van der Waals surface area contributed by atoms with Crippen LogP contribution in [0.2, 0.25) is 0 Å². The molecule has 118 valence electrons. The maximum atomic E-state index is 12.3. The predicted molar refractivity (Wildman–Crippen MR) is 83.7 cm³/mol. The maximum Gasteiger partial charge on any atom is 0.225 e. The largest absolute Gasteiger partial charge is 0.467 e. The fraction of sp³-hybridized carbons (Fsp3) is 0.467. The number of aliphatic hydroxyl groups is 1. The second-order valence-electron chi connectivity index (χ2n) is 5.38. The van der Waals surface area contributed by atoms with Crippen LogP contribution in [0, 0.1) is 5.92 Å². The standard InChI is InChI=1S/C15H19N3O3S/c19-12(13-4-2-7-21-13)9-17-14(20)11-3-1-6-18(10-11)15-16-5-8-22-15/h2,4-5,7-8,11-12,19H,1,3,6,9-10H2,(H,17,20)/t11-,12-/m0/s1. The van der Waals surface area contributed by atoms with Crippen LogP contribution in [0.1, 0.15) is 24.7 Å². The van der Waals surface area contributed by atoms with Gasteiger partial charge in [-0.25, -0.2) is 4.98 Å². The van der Waals surface area contributed by atoms with Crippen LogP contribution in [-0.4, -0.2) is 35.6 Å². The molecule has 2 aromatic rings. The van der Waals surface area contributed by atoms with Gasteiger partial charge in [0.25, 0.3) is 0 Å². The number of carbonyl (C=O) groups excluding carboxylic acids is 1. The molecule has 0 spiro atoms. The molecule has 1 saturated heterocycles. The van der Waals surface area contributed by atoms with Crippen molar-refractivity contribution >= 4 is 22.4 Å². The summed E-state index contributed by atoms with van der Waals surface area (Å²) >= 11 is 1.59. The van der Waals surface area contributed by atoms with Gasteiger partial charge in [-0.1, -0.05) is 0 Å². The molecule has 1 fully saturated rings. The van der Waals surface area contributed by atoms with Gasteiger partial charge in [0.15, 0.2) is 5.13 Å². The van der Waals surface area contributed by atoms with Crippen molar-refractivity contribution < 1.29 is 14.3 Å². The molecule has 2 atom stereocenters. The third kappa shape index (κ3) is 3.48. The number of nitrogens with one attached hydrogen (secondary N) is 1. The summed E-state index contributed by atoms with van der Waals surface area (Å²) in [5.41, 5.74) is 0. The van der Waals surface area contributed by atoms with Crippen LogP contribution < -0.4 is 10.2 Å². The lowest BCUT2D eigenvalue weighted by Gasteiger charge is -2.31. The molecule has 1 aliphatic heterocycles. The first-order valence-electron chi connectivity index (χ1n) is 7.37. The highest BCUT2D eigenvalue weighted by Crippen LogP contribution is 2.25. The van der Waals surface area contributed by atoms with Crippen LogP contribution in [0.15, 0.2) is 34.4 Å². The van der Waals surface area contributed by atoms with Gasteiger partial charge < -0.3 is 19.7 Å². The lowest BCUT2D eigenvalue weighted by molar-refractivity contribution is -0.125. The molecule has 22 heavy (non-hydrogen) atoms. The molecule has 1 aliphatic rings. The van der Waals surface area contributed by atoms with E-state index < -0.39 is 6.10 Å². The van der Waals surface area contributed by atoms with Crippen molar-refractivity contribution in [3.05, 3.63) is 35.7 Å². The summed E-state index contributed by atoms with van der Waals surface area (Å²) in [5, 5.41) is 15.7. The van der Waals surface area contributed by atoms with Crippen LogP contribution in [-0.2, 0) is 4.79 Å². The molecule has 0 bridgehead atoms. The first-order chi connectivity index (χ1) is 10.7. The Balaban J connectivity index is 1.51. The summed E-state index contributed by atoms with van der Waals surface area (Å²) in [4.78, 5) is 18.7. The monoisotopic (exact) mass is 321 g/mol. The summed E-state index contributed by atoms with van der Waals surface area (Å²) < 4.78 is 5.12. The maximum absolute atomic E-state index is 12.3. The summed E-state index contributed by atoms with van der Waals surface area (Å²) in [5.74, 6) is 0.377. The molecule has 0 aromatic carbocycles. The minimum absolute atomic E-state index is 0.0214. The molecule has 2 aromatic heterocycles. The van der Waals surface area contributed by atoms with Crippen molar-refractivity contribution in [3.63, 3.8) is 0 Å². The normalized spacial score (nSPS) is 19.9. The molecule has 0 saturated carbocycles. The molecular formula is C15H19N3O3S. The number of aliphatic hydroxyl groups excluding tert-OH is 1. The number of hydrogen-bond donors (Lipinski definition) is 2. The fourth-order valence-corrected chi connectivity index (χ4v) is 3.34. The van der Waals surface area contributed by atoms with Crippen molar-refractivity contribution in [2.24, 2.45) is 5.92 Å². The molecule has 3 heterocycles. The van der Waals surface area contributed by atoms with E-state index in [1.165, 1.54) is 6.26 Å². The Bertz CT molecular complexity index is 585. The third-order valence-corrected chi connectivity index (χ3v) is 4.66. The summed E-state index contributed by atoms with van der Waals surface area (Å²) in [6, 6.07) is 3.41. The lowest BCUT2D eigenvalue weighted by atomic mass is 9.97. The van der Waals surface area contributed by atoms with Crippen molar-refractivity contribution in [2.45, 2.75) is 18.9 Å². The van der Waals surface area contributed by atoms with Gasteiger partial charge in [0, 0.05) is 24.7 Å². The Morgan fingerprint density at radius 3 is 3.27 bits per heavy atom. The van der Waals surface area contributed by atoms with Crippen molar-refractivity contribution in [1.82, 2.24) is 10.3 Å². The highest BCUT2D eigenvalue weighted by Gasteiger charge is 2.27. The van der Waals surface area contributed by atoms with Crippen molar-refractivity contribution in [2.75, 3.05) is 24.5 Å². The van der Waals surface area contributed by atoms with E-state index in [2.05, 4.69) is 15.2 Å². The van der Waals surface area contributed by atoms with Gasteiger partial charge in [-0.2, -0.15) is 0 Å². The number of amides is 1. The van der Waals surface area contributed by atoms with Gasteiger partial charge >= 0.3 is 0 Å². The number of piperidine rings is 1. The molecule has 0 aliphatic carbocycles. The number of anilines is 1. The van der Waals surface area contributed by atoms with E-state index in [9.17, 15) is 9.90 Å². The highest BCUT2D eigenvalue weighted by atomic mass is 32.1. The van der Waals surface area contributed by atoms with Crippen LogP contribution in [0.3, 0.4) is 0 Å². The number of carbonyl (C=O) groups is 1. The molecule has 0 radical (unpaired) electrons. The Hall–Kier alpha value is -1.86. The Labute approximate surface area is 132 Å². The number of nitrogens with zero attached hydrogens (tertiary/aromatic N) is 2. The van der Waals surface area contributed by atoms with Crippen LogP contribution >= 0.6 is 11.3 Å². The molecule has 3 rings (SSSR count). The van der Waals surface area contributed by atoms with E-state index in [1.807, 2.05) is 5.38 Å². The third-order valence-electron chi connectivity index (χ3n) is 3.82. The Kier molecular flexibility index (Phi) is 4.74. The van der Waals surface area contributed by atoms with Gasteiger partial charge in [0.1, 0.15) is 11.9 Å². The molecule has 6 nitrogen and oxygen atoms in total.